The van der Waals surface area contributed by atoms with Crippen molar-refractivity contribution >= 4 is 11.8 Å². The molecule has 0 unspecified atom stereocenters. The van der Waals surface area contributed by atoms with Gasteiger partial charge < -0.3 is 20.1 Å². The molecule has 0 fully saturated rings. The Kier molecular flexibility index (Phi) is 6.84. The highest BCUT2D eigenvalue weighted by atomic mass is 19.1. The number of nitrogens with one attached hydrogen (secondary N) is 2. The molecule has 152 valence electrons. The Morgan fingerprint density at radius 1 is 0.862 bits per heavy atom. The Hall–Kier alpha value is -3.35. The summed E-state index contributed by atoms with van der Waals surface area (Å²) in [6, 6.07) is 14.1. The van der Waals surface area contributed by atoms with E-state index in [1.54, 1.807) is 26.4 Å². The van der Waals surface area contributed by atoms with Crippen LogP contribution < -0.4 is 20.1 Å². The van der Waals surface area contributed by atoms with Gasteiger partial charge >= 0.3 is 0 Å². The molecule has 0 aliphatic carbocycles. The molecule has 0 radical (unpaired) electrons. The number of halogens is 1. The molecule has 0 aliphatic heterocycles. The van der Waals surface area contributed by atoms with Crippen LogP contribution in [0.1, 0.15) is 16.8 Å². The number of aryl methyl sites for hydroxylation is 1. The number of rotatable bonds is 9. The summed E-state index contributed by atoms with van der Waals surface area (Å²) in [5.74, 6) is 2.46. The SMILES string of the molecule is COc1ccc(CCNc2nc(C)cc(NCc3ccc(F)cc3)n2)cc1OC. The second kappa shape index (κ2) is 9.73. The fourth-order valence-corrected chi connectivity index (χ4v) is 2.89. The summed E-state index contributed by atoms with van der Waals surface area (Å²) >= 11 is 0. The van der Waals surface area contributed by atoms with Crippen molar-refractivity contribution in [2.45, 2.75) is 19.9 Å². The topological polar surface area (TPSA) is 68.3 Å². The van der Waals surface area contributed by atoms with E-state index in [2.05, 4.69) is 20.6 Å². The third kappa shape index (κ3) is 5.81. The number of anilines is 2. The maximum Gasteiger partial charge on any atom is 0.224 e. The maximum atomic E-state index is 13.0. The molecule has 0 saturated heterocycles. The zero-order chi connectivity index (χ0) is 20.6. The van der Waals surface area contributed by atoms with Crippen LogP contribution in [0.15, 0.2) is 48.5 Å². The molecular formula is C22H25FN4O2. The summed E-state index contributed by atoms with van der Waals surface area (Å²) in [4.78, 5) is 8.94. The Labute approximate surface area is 170 Å². The summed E-state index contributed by atoms with van der Waals surface area (Å²) in [6.45, 7) is 3.16. The van der Waals surface area contributed by atoms with Gasteiger partial charge in [-0.1, -0.05) is 18.2 Å². The number of methoxy groups -OCH3 is 2. The quantitative estimate of drug-likeness (QED) is 0.565. The van der Waals surface area contributed by atoms with Gasteiger partial charge in [-0.25, -0.2) is 9.37 Å². The van der Waals surface area contributed by atoms with E-state index in [0.717, 1.165) is 29.1 Å². The van der Waals surface area contributed by atoms with Crippen LogP contribution in [-0.4, -0.2) is 30.7 Å². The van der Waals surface area contributed by atoms with Gasteiger partial charge in [0.05, 0.1) is 14.2 Å². The first-order chi connectivity index (χ1) is 14.1. The first kappa shape index (κ1) is 20.4. The van der Waals surface area contributed by atoms with Gasteiger partial charge in [-0.3, -0.25) is 0 Å². The van der Waals surface area contributed by atoms with Gasteiger partial charge in [-0.15, -0.1) is 0 Å². The van der Waals surface area contributed by atoms with E-state index in [-0.39, 0.29) is 5.82 Å². The fourth-order valence-electron chi connectivity index (χ4n) is 2.89. The van der Waals surface area contributed by atoms with Crippen LogP contribution >= 0.6 is 0 Å². The van der Waals surface area contributed by atoms with Gasteiger partial charge in [0.25, 0.3) is 0 Å². The number of aromatic nitrogens is 2. The first-order valence-electron chi connectivity index (χ1n) is 9.36. The second-order valence-electron chi connectivity index (χ2n) is 6.56. The molecule has 0 spiro atoms. The summed E-state index contributed by atoms with van der Waals surface area (Å²) in [7, 11) is 3.25. The number of ether oxygens (including phenoxy) is 2. The molecule has 3 rings (SSSR count). The van der Waals surface area contributed by atoms with E-state index in [1.165, 1.54) is 12.1 Å². The minimum Gasteiger partial charge on any atom is -0.493 e. The lowest BCUT2D eigenvalue weighted by atomic mass is 10.1. The van der Waals surface area contributed by atoms with Gasteiger partial charge in [0, 0.05) is 24.8 Å². The van der Waals surface area contributed by atoms with Crippen LogP contribution in [-0.2, 0) is 13.0 Å². The molecule has 29 heavy (non-hydrogen) atoms. The van der Waals surface area contributed by atoms with E-state index in [4.69, 9.17) is 9.47 Å². The highest BCUT2D eigenvalue weighted by Crippen LogP contribution is 2.27. The monoisotopic (exact) mass is 396 g/mol. The second-order valence-corrected chi connectivity index (χ2v) is 6.56. The largest absolute Gasteiger partial charge is 0.493 e. The molecule has 0 atom stereocenters. The molecule has 0 bridgehead atoms. The zero-order valence-corrected chi connectivity index (χ0v) is 16.8. The molecule has 2 N–H and O–H groups in total. The molecule has 6 nitrogen and oxygen atoms in total. The van der Waals surface area contributed by atoms with Gasteiger partial charge in [-0.2, -0.15) is 4.98 Å². The number of nitrogens with zero attached hydrogens (tertiary/aromatic N) is 2. The van der Waals surface area contributed by atoms with Gasteiger partial charge in [0.15, 0.2) is 11.5 Å². The predicted molar refractivity (Wildman–Crippen MR) is 112 cm³/mol. The van der Waals surface area contributed by atoms with Crippen molar-refractivity contribution in [3.8, 4) is 11.5 Å². The minimum atomic E-state index is -0.243. The van der Waals surface area contributed by atoms with Crippen LogP contribution in [0.2, 0.25) is 0 Å². The fraction of sp³-hybridized carbons (Fsp3) is 0.273. The van der Waals surface area contributed by atoms with E-state index in [9.17, 15) is 4.39 Å². The normalized spacial score (nSPS) is 10.5. The summed E-state index contributed by atoms with van der Waals surface area (Å²) in [6.07, 6.45) is 0.788. The van der Waals surface area contributed by atoms with E-state index < -0.39 is 0 Å². The average molecular weight is 396 g/mol. The number of benzene rings is 2. The van der Waals surface area contributed by atoms with Crippen LogP contribution in [0.4, 0.5) is 16.2 Å². The first-order valence-corrected chi connectivity index (χ1v) is 9.36. The van der Waals surface area contributed by atoms with Crippen molar-refractivity contribution < 1.29 is 13.9 Å². The van der Waals surface area contributed by atoms with Gasteiger partial charge in [0.1, 0.15) is 11.6 Å². The van der Waals surface area contributed by atoms with Crippen molar-refractivity contribution in [1.29, 1.82) is 0 Å². The molecule has 0 aliphatic rings. The molecule has 2 aromatic carbocycles. The Balaban J connectivity index is 1.57. The lowest BCUT2D eigenvalue weighted by Crippen LogP contribution is -2.10. The standard InChI is InChI=1S/C22H25FN4O2/c1-15-12-21(25-14-17-4-7-18(23)8-5-17)27-22(26-15)24-11-10-16-6-9-19(28-2)20(13-16)29-3/h4-9,12-13H,10-11,14H2,1-3H3,(H2,24,25,26,27). The van der Waals surface area contributed by atoms with Crippen LogP contribution in [0.3, 0.4) is 0 Å². The van der Waals surface area contributed by atoms with E-state index in [1.807, 2.05) is 31.2 Å². The number of hydrogen-bond acceptors (Lipinski definition) is 6. The van der Waals surface area contributed by atoms with Gasteiger partial charge in [0.2, 0.25) is 5.95 Å². The van der Waals surface area contributed by atoms with Crippen molar-refractivity contribution in [2.24, 2.45) is 0 Å². The smallest absolute Gasteiger partial charge is 0.224 e. The predicted octanol–water partition coefficient (Wildman–Crippen LogP) is 4.21. The molecule has 0 amide bonds. The summed E-state index contributed by atoms with van der Waals surface area (Å²) < 4.78 is 23.6. The van der Waals surface area contributed by atoms with E-state index in [0.29, 0.717) is 30.5 Å². The molecule has 0 saturated carbocycles. The lowest BCUT2D eigenvalue weighted by molar-refractivity contribution is 0.354. The Morgan fingerprint density at radius 2 is 1.59 bits per heavy atom. The highest BCUT2D eigenvalue weighted by Gasteiger charge is 2.06. The van der Waals surface area contributed by atoms with Crippen molar-refractivity contribution in [3.05, 3.63) is 71.2 Å². The van der Waals surface area contributed by atoms with Crippen molar-refractivity contribution in [3.63, 3.8) is 0 Å². The van der Waals surface area contributed by atoms with E-state index >= 15 is 0 Å². The van der Waals surface area contributed by atoms with Crippen molar-refractivity contribution in [1.82, 2.24) is 9.97 Å². The lowest BCUT2D eigenvalue weighted by Gasteiger charge is -2.11. The molecule has 3 aromatic rings. The molecular weight excluding hydrogens is 371 g/mol. The third-order valence-corrected chi connectivity index (χ3v) is 4.39. The van der Waals surface area contributed by atoms with Crippen LogP contribution in [0.5, 0.6) is 11.5 Å². The van der Waals surface area contributed by atoms with Crippen LogP contribution in [0, 0.1) is 12.7 Å². The molecule has 1 aromatic heterocycles. The highest BCUT2D eigenvalue weighted by molar-refractivity contribution is 5.44. The van der Waals surface area contributed by atoms with Crippen molar-refractivity contribution in [2.75, 3.05) is 31.4 Å². The van der Waals surface area contributed by atoms with Crippen LogP contribution in [0.25, 0.3) is 0 Å². The molecule has 7 heteroatoms. The third-order valence-electron chi connectivity index (χ3n) is 4.39. The average Bonchev–Trinajstić information content (AvgIpc) is 2.73. The Bertz CT molecular complexity index is 948. The maximum absolute atomic E-state index is 13.0. The minimum absolute atomic E-state index is 0.243. The summed E-state index contributed by atoms with van der Waals surface area (Å²) in [5, 5.41) is 6.52. The number of hydrogen-bond donors (Lipinski definition) is 2. The Morgan fingerprint density at radius 3 is 2.31 bits per heavy atom. The van der Waals surface area contributed by atoms with Gasteiger partial charge in [-0.05, 0) is 48.7 Å². The molecule has 1 heterocycles. The summed E-state index contributed by atoms with van der Waals surface area (Å²) in [5.41, 5.74) is 2.96. The zero-order valence-electron chi connectivity index (χ0n) is 16.8.